The SMILES string of the molecule is CC(C)[C@@H]1Nc2nc(nc3ccccc23)CN2CCN(C(=O)c3ccsc3)CC2NC1=O. The summed E-state index contributed by atoms with van der Waals surface area (Å²) in [5.74, 6) is 1.34. The molecule has 3 aromatic rings. The van der Waals surface area contributed by atoms with Crippen molar-refractivity contribution in [2.24, 2.45) is 5.92 Å². The van der Waals surface area contributed by atoms with Crippen molar-refractivity contribution < 1.29 is 9.59 Å². The van der Waals surface area contributed by atoms with Crippen molar-refractivity contribution in [1.29, 1.82) is 0 Å². The molecular weight excluding hydrogens is 424 g/mol. The van der Waals surface area contributed by atoms with Crippen LogP contribution in [0.1, 0.15) is 30.0 Å². The first-order valence-electron chi connectivity index (χ1n) is 10.9. The average molecular weight is 451 g/mol. The summed E-state index contributed by atoms with van der Waals surface area (Å²) in [6, 6.07) is 9.24. The Kier molecular flexibility index (Phi) is 5.52. The summed E-state index contributed by atoms with van der Waals surface area (Å²) >= 11 is 1.51. The highest BCUT2D eigenvalue weighted by atomic mass is 32.1. The van der Waals surface area contributed by atoms with Gasteiger partial charge in [0.25, 0.3) is 5.91 Å². The minimum Gasteiger partial charge on any atom is -0.358 e. The van der Waals surface area contributed by atoms with Gasteiger partial charge in [0.2, 0.25) is 5.91 Å². The van der Waals surface area contributed by atoms with Crippen LogP contribution in [0.25, 0.3) is 10.9 Å². The van der Waals surface area contributed by atoms with Crippen LogP contribution >= 0.6 is 11.3 Å². The van der Waals surface area contributed by atoms with Gasteiger partial charge in [-0.3, -0.25) is 14.5 Å². The molecule has 1 fully saturated rings. The third kappa shape index (κ3) is 3.93. The molecule has 0 saturated carbocycles. The number of hydrogen-bond acceptors (Lipinski definition) is 7. The fourth-order valence-electron chi connectivity index (χ4n) is 4.32. The highest BCUT2D eigenvalue weighted by Crippen LogP contribution is 2.25. The fourth-order valence-corrected chi connectivity index (χ4v) is 4.95. The van der Waals surface area contributed by atoms with E-state index in [0.29, 0.717) is 43.4 Å². The van der Waals surface area contributed by atoms with Crippen molar-refractivity contribution in [3.63, 3.8) is 0 Å². The van der Waals surface area contributed by atoms with Crippen molar-refractivity contribution in [2.75, 3.05) is 25.0 Å². The molecule has 0 spiro atoms. The lowest BCUT2D eigenvalue weighted by molar-refractivity contribution is -0.125. The van der Waals surface area contributed by atoms with Crippen LogP contribution in [0.4, 0.5) is 5.82 Å². The molecule has 5 rings (SSSR count). The van der Waals surface area contributed by atoms with E-state index < -0.39 is 6.04 Å². The molecule has 2 atom stereocenters. The van der Waals surface area contributed by atoms with Gasteiger partial charge in [-0.25, -0.2) is 9.97 Å². The Morgan fingerprint density at radius 3 is 2.78 bits per heavy atom. The molecule has 32 heavy (non-hydrogen) atoms. The van der Waals surface area contributed by atoms with E-state index >= 15 is 0 Å². The highest BCUT2D eigenvalue weighted by molar-refractivity contribution is 7.08. The molecule has 2 aromatic heterocycles. The van der Waals surface area contributed by atoms with E-state index in [-0.39, 0.29) is 23.9 Å². The largest absolute Gasteiger partial charge is 0.358 e. The van der Waals surface area contributed by atoms with Gasteiger partial charge >= 0.3 is 0 Å². The Morgan fingerprint density at radius 2 is 2.00 bits per heavy atom. The molecule has 2 aliphatic rings. The summed E-state index contributed by atoms with van der Waals surface area (Å²) in [5.41, 5.74) is 1.55. The Balaban J connectivity index is 1.50. The van der Waals surface area contributed by atoms with E-state index in [1.807, 2.05) is 59.8 Å². The van der Waals surface area contributed by atoms with Crippen LogP contribution < -0.4 is 10.6 Å². The standard InChI is InChI=1S/C23H26N6O2S/c1-14(2)20-22(30)26-19-12-29(23(31)15-7-10-32-13-15)9-8-28(19)11-18-24-17-6-4-3-5-16(17)21(25-18)27-20/h3-7,10,13-14,19-20H,8-9,11-12H2,1-2H3,(H,26,30)(H,24,25,27)/t19?,20-/m0/s1. The minimum absolute atomic E-state index is 0.0000177. The molecular formula is C23H26N6O2S. The molecule has 2 aliphatic heterocycles. The van der Waals surface area contributed by atoms with Crippen LogP contribution in [0.5, 0.6) is 0 Å². The number of piperazine rings is 1. The zero-order valence-corrected chi connectivity index (χ0v) is 18.9. The number of thiophene rings is 1. The Morgan fingerprint density at radius 1 is 1.16 bits per heavy atom. The molecule has 9 heteroatoms. The van der Waals surface area contributed by atoms with E-state index in [4.69, 9.17) is 9.97 Å². The number of carbonyl (C=O) groups excluding carboxylic acids is 2. The number of aromatic nitrogens is 2. The lowest BCUT2D eigenvalue weighted by Crippen LogP contribution is -2.63. The topological polar surface area (TPSA) is 90.5 Å². The third-order valence-corrected chi connectivity index (χ3v) is 6.77. The summed E-state index contributed by atoms with van der Waals surface area (Å²) in [4.78, 5) is 39.8. The molecule has 0 radical (unpaired) electrons. The normalized spacial score (nSPS) is 21.7. The lowest BCUT2D eigenvalue weighted by atomic mass is 10.0. The van der Waals surface area contributed by atoms with Gasteiger partial charge in [0.1, 0.15) is 23.8 Å². The molecule has 8 nitrogen and oxygen atoms in total. The maximum Gasteiger partial charge on any atom is 0.254 e. The van der Waals surface area contributed by atoms with Gasteiger partial charge in [-0.1, -0.05) is 26.0 Å². The molecule has 2 N–H and O–H groups in total. The number of hydrogen-bond donors (Lipinski definition) is 2. The molecule has 166 valence electrons. The predicted molar refractivity (Wildman–Crippen MR) is 124 cm³/mol. The smallest absolute Gasteiger partial charge is 0.254 e. The highest BCUT2D eigenvalue weighted by Gasteiger charge is 2.35. The number of benzene rings is 1. The van der Waals surface area contributed by atoms with Gasteiger partial charge < -0.3 is 15.5 Å². The van der Waals surface area contributed by atoms with E-state index in [9.17, 15) is 9.59 Å². The predicted octanol–water partition coefficient (Wildman–Crippen LogP) is 2.54. The molecule has 1 saturated heterocycles. The first-order valence-corrected chi connectivity index (χ1v) is 11.8. The van der Waals surface area contributed by atoms with Gasteiger partial charge in [-0.2, -0.15) is 11.3 Å². The summed E-state index contributed by atoms with van der Waals surface area (Å²) in [7, 11) is 0. The molecule has 1 aromatic carbocycles. The monoisotopic (exact) mass is 450 g/mol. The van der Waals surface area contributed by atoms with Crippen molar-refractivity contribution in [3.05, 3.63) is 52.5 Å². The Hall–Kier alpha value is -3.04. The number of nitrogens with one attached hydrogen (secondary N) is 2. The Bertz CT molecular complexity index is 1150. The zero-order chi connectivity index (χ0) is 22.2. The first kappa shape index (κ1) is 20.8. The van der Waals surface area contributed by atoms with Gasteiger partial charge in [0, 0.05) is 23.9 Å². The molecule has 2 bridgehead atoms. The molecule has 4 heterocycles. The van der Waals surface area contributed by atoms with E-state index in [2.05, 4.69) is 15.5 Å². The van der Waals surface area contributed by atoms with Crippen molar-refractivity contribution in [3.8, 4) is 0 Å². The van der Waals surface area contributed by atoms with Crippen LogP contribution in [0.2, 0.25) is 0 Å². The van der Waals surface area contributed by atoms with Crippen LogP contribution in [-0.2, 0) is 11.3 Å². The van der Waals surface area contributed by atoms with Crippen molar-refractivity contribution in [1.82, 2.24) is 25.1 Å². The maximum atomic E-state index is 13.3. The third-order valence-electron chi connectivity index (χ3n) is 6.09. The summed E-state index contributed by atoms with van der Waals surface area (Å²) in [5, 5.41) is 11.2. The average Bonchev–Trinajstić information content (AvgIpc) is 3.32. The van der Waals surface area contributed by atoms with E-state index in [0.717, 1.165) is 10.9 Å². The molecule has 0 aliphatic carbocycles. The van der Waals surface area contributed by atoms with Crippen LogP contribution in [0, 0.1) is 5.92 Å². The van der Waals surface area contributed by atoms with Crippen molar-refractivity contribution in [2.45, 2.75) is 32.6 Å². The number of para-hydroxylation sites is 1. The quantitative estimate of drug-likeness (QED) is 0.624. The number of nitrogens with zero attached hydrogens (tertiary/aromatic N) is 4. The van der Waals surface area contributed by atoms with Gasteiger partial charge in [0.05, 0.1) is 24.2 Å². The zero-order valence-electron chi connectivity index (χ0n) is 18.1. The number of carbonyl (C=O) groups is 2. The second-order valence-electron chi connectivity index (χ2n) is 8.63. The summed E-state index contributed by atoms with van der Waals surface area (Å²) < 4.78 is 0. The first-order chi connectivity index (χ1) is 15.5. The van der Waals surface area contributed by atoms with Crippen molar-refractivity contribution >= 4 is 39.9 Å². The van der Waals surface area contributed by atoms with Crippen LogP contribution in [-0.4, -0.2) is 63.4 Å². The Labute approximate surface area is 190 Å². The molecule has 1 unspecified atom stereocenters. The van der Waals surface area contributed by atoms with Gasteiger partial charge in [0.15, 0.2) is 0 Å². The van der Waals surface area contributed by atoms with E-state index in [1.165, 1.54) is 11.3 Å². The minimum atomic E-state index is -0.455. The second-order valence-corrected chi connectivity index (χ2v) is 9.41. The summed E-state index contributed by atoms with van der Waals surface area (Å²) in [6.07, 6.45) is -0.307. The van der Waals surface area contributed by atoms with Crippen LogP contribution in [0.15, 0.2) is 41.1 Å². The van der Waals surface area contributed by atoms with Gasteiger partial charge in [-0.15, -0.1) is 0 Å². The summed E-state index contributed by atoms with van der Waals surface area (Å²) in [6.45, 7) is 6.17. The number of anilines is 1. The van der Waals surface area contributed by atoms with E-state index in [1.54, 1.807) is 0 Å². The van der Waals surface area contributed by atoms with Gasteiger partial charge in [-0.05, 0) is 29.5 Å². The molecule has 2 amide bonds. The second kappa shape index (κ2) is 8.48. The number of rotatable bonds is 2. The number of amides is 2. The lowest BCUT2D eigenvalue weighted by Gasteiger charge is -2.42. The fraction of sp³-hybridized carbons (Fsp3) is 0.391. The maximum absolute atomic E-state index is 13.3. The van der Waals surface area contributed by atoms with Crippen LogP contribution in [0.3, 0.4) is 0 Å². The number of fused-ring (bicyclic) bond motifs is 5.